The number of nitrogens with zero attached hydrogens (tertiary/aromatic N) is 1. The summed E-state index contributed by atoms with van der Waals surface area (Å²) in [4.78, 5) is 2.49. The second-order valence-electron chi connectivity index (χ2n) is 15.9. The van der Waals surface area contributed by atoms with Crippen LogP contribution in [0, 0.1) is 0 Å². The van der Waals surface area contributed by atoms with Crippen molar-refractivity contribution in [2.24, 2.45) is 0 Å². The topological polar surface area (TPSA) is 16.4 Å². The monoisotopic (exact) mass is 777 g/mol. The summed E-state index contributed by atoms with van der Waals surface area (Å²) in [5, 5.41) is 4.71. The van der Waals surface area contributed by atoms with Crippen LogP contribution in [0.3, 0.4) is 0 Å². The van der Waals surface area contributed by atoms with Gasteiger partial charge in [-0.05, 0) is 91.7 Å². The molecule has 0 spiro atoms. The van der Waals surface area contributed by atoms with E-state index in [2.05, 4.69) is 235 Å². The molecule has 286 valence electrons. The second-order valence-corrected chi connectivity index (χ2v) is 15.9. The van der Waals surface area contributed by atoms with Crippen molar-refractivity contribution in [3.8, 4) is 33.4 Å². The van der Waals surface area contributed by atoms with Crippen molar-refractivity contribution in [2.45, 2.75) is 5.41 Å². The van der Waals surface area contributed by atoms with E-state index in [0.29, 0.717) is 0 Å². The summed E-state index contributed by atoms with van der Waals surface area (Å²) in [6.45, 7) is 0. The third-order valence-electron chi connectivity index (χ3n) is 12.8. The van der Waals surface area contributed by atoms with Gasteiger partial charge in [0.2, 0.25) is 0 Å². The van der Waals surface area contributed by atoms with Gasteiger partial charge in [0.25, 0.3) is 0 Å². The van der Waals surface area contributed by atoms with Crippen molar-refractivity contribution in [1.29, 1.82) is 0 Å². The predicted octanol–water partition coefficient (Wildman–Crippen LogP) is 15.9. The van der Waals surface area contributed by atoms with E-state index in [-0.39, 0.29) is 0 Å². The Bertz CT molecular complexity index is 3370. The number of anilines is 3. The lowest BCUT2D eigenvalue weighted by Gasteiger charge is -2.34. The number of benzene rings is 10. The summed E-state index contributed by atoms with van der Waals surface area (Å²) < 4.78 is 6.46. The fraction of sp³-hybridized carbons (Fsp3) is 0.0169. The molecular weight excluding hydrogens is 739 g/mol. The van der Waals surface area contributed by atoms with Gasteiger partial charge in [-0.2, -0.15) is 0 Å². The Balaban J connectivity index is 1.15. The molecule has 1 heterocycles. The lowest BCUT2D eigenvalue weighted by Crippen LogP contribution is -2.28. The SMILES string of the molecule is c1ccc(C2(c3ccccc3)c3ccccc3-c3c(N(c4ccc(-c5cccc6ccccc56)cc4)c4ccccc4-c4cccc5oc6ccccc6c45)cccc32)cc1. The largest absolute Gasteiger partial charge is 0.456 e. The van der Waals surface area contributed by atoms with Crippen LogP contribution in [0.5, 0.6) is 0 Å². The van der Waals surface area contributed by atoms with Crippen molar-refractivity contribution in [3.05, 3.63) is 259 Å². The molecule has 12 rings (SSSR count). The number of para-hydroxylation sites is 2. The standard InChI is InChI=1S/C59H39NO/c1-3-20-42(21-4-1)59(43-22-5-2-6-23-43)51-30-12-9-26-49(51)58-52(59)31-17-33-54(58)60(44-38-36-41(37-39-44)46-28-15-19-40-18-7-8-24-45(40)46)53-32-13-10-25-47(53)48-29-16-35-56-57(48)50-27-11-14-34-55(50)61-56/h1-39H. The molecule has 61 heavy (non-hydrogen) atoms. The van der Waals surface area contributed by atoms with Crippen LogP contribution in [0.2, 0.25) is 0 Å². The number of rotatable bonds is 7. The summed E-state index contributed by atoms with van der Waals surface area (Å²) in [5.74, 6) is 0. The quantitative estimate of drug-likeness (QED) is 0.160. The smallest absolute Gasteiger partial charge is 0.136 e. The fourth-order valence-corrected chi connectivity index (χ4v) is 10.2. The van der Waals surface area contributed by atoms with Gasteiger partial charge in [0.1, 0.15) is 11.2 Å². The predicted molar refractivity (Wildman–Crippen MR) is 254 cm³/mol. The van der Waals surface area contributed by atoms with Gasteiger partial charge in [-0.3, -0.25) is 0 Å². The van der Waals surface area contributed by atoms with Gasteiger partial charge in [0, 0.05) is 27.6 Å². The number of furan rings is 1. The van der Waals surface area contributed by atoms with Crippen molar-refractivity contribution < 1.29 is 4.42 Å². The zero-order chi connectivity index (χ0) is 40.3. The van der Waals surface area contributed by atoms with Crippen LogP contribution in [0.25, 0.3) is 66.1 Å². The van der Waals surface area contributed by atoms with E-state index in [1.54, 1.807) is 0 Å². The number of fused-ring (bicyclic) bond motifs is 7. The Kier molecular flexibility index (Phi) is 8.11. The van der Waals surface area contributed by atoms with Gasteiger partial charge >= 0.3 is 0 Å². The molecule has 1 aromatic heterocycles. The number of hydrogen-bond acceptors (Lipinski definition) is 2. The van der Waals surface area contributed by atoms with Crippen LogP contribution in [0.1, 0.15) is 22.3 Å². The lowest BCUT2D eigenvalue weighted by atomic mass is 9.68. The molecule has 0 amide bonds. The van der Waals surface area contributed by atoms with Gasteiger partial charge in [-0.15, -0.1) is 0 Å². The van der Waals surface area contributed by atoms with Crippen molar-refractivity contribution in [1.82, 2.24) is 0 Å². The van der Waals surface area contributed by atoms with E-state index >= 15 is 0 Å². The maximum absolute atomic E-state index is 6.46. The van der Waals surface area contributed by atoms with Crippen LogP contribution >= 0.6 is 0 Å². The summed E-state index contributed by atoms with van der Waals surface area (Å²) in [6.07, 6.45) is 0. The first-order chi connectivity index (χ1) is 30.3. The second kappa shape index (κ2) is 14.1. The first kappa shape index (κ1) is 35.0. The molecule has 0 saturated carbocycles. The molecule has 2 nitrogen and oxygen atoms in total. The van der Waals surface area contributed by atoms with Crippen molar-refractivity contribution in [2.75, 3.05) is 4.90 Å². The Hall–Kier alpha value is -7.94. The highest BCUT2D eigenvalue weighted by Gasteiger charge is 2.47. The Labute approximate surface area is 355 Å². The average Bonchev–Trinajstić information content (AvgIpc) is 3.87. The van der Waals surface area contributed by atoms with E-state index < -0.39 is 5.41 Å². The number of hydrogen-bond donors (Lipinski definition) is 0. The van der Waals surface area contributed by atoms with E-state index in [1.165, 1.54) is 55.3 Å². The normalized spacial score (nSPS) is 12.7. The molecule has 0 unspecified atom stereocenters. The van der Waals surface area contributed by atoms with E-state index in [4.69, 9.17) is 4.42 Å². The molecule has 10 aromatic carbocycles. The van der Waals surface area contributed by atoms with Gasteiger partial charge < -0.3 is 9.32 Å². The molecule has 0 aliphatic heterocycles. The lowest BCUT2D eigenvalue weighted by molar-refractivity contribution is 0.669. The highest BCUT2D eigenvalue weighted by molar-refractivity contribution is 6.14. The molecule has 1 aliphatic carbocycles. The molecule has 0 bridgehead atoms. The molecule has 0 fully saturated rings. The highest BCUT2D eigenvalue weighted by Crippen LogP contribution is 2.60. The fourth-order valence-electron chi connectivity index (χ4n) is 10.2. The molecule has 11 aromatic rings. The van der Waals surface area contributed by atoms with Crippen LogP contribution in [-0.4, -0.2) is 0 Å². The van der Waals surface area contributed by atoms with E-state index in [9.17, 15) is 0 Å². The average molecular weight is 778 g/mol. The van der Waals surface area contributed by atoms with Gasteiger partial charge in [0.05, 0.1) is 16.8 Å². The minimum atomic E-state index is -0.533. The summed E-state index contributed by atoms with van der Waals surface area (Å²) >= 11 is 0. The van der Waals surface area contributed by atoms with Gasteiger partial charge in [-0.25, -0.2) is 0 Å². The molecular formula is C59H39NO. The zero-order valence-electron chi connectivity index (χ0n) is 33.4. The van der Waals surface area contributed by atoms with Gasteiger partial charge in [-0.1, -0.05) is 200 Å². The van der Waals surface area contributed by atoms with Crippen molar-refractivity contribution >= 4 is 49.8 Å². The molecule has 0 atom stereocenters. The highest BCUT2D eigenvalue weighted by atomic mass is 16.3. The van der Waals surface area contributed by atoms with E-state index in [0.717, 1.165) is 50.1 Å². The maximum atomic E-state index is 6.46. The van der Waals surface area contributed by atoms with Gasteiger partial charge in [0.15, 0.2) is 0 Å². The van der Waals surface area contributed by atoms with Crippen LogP contribution in [0.15, 0.2) is 241 Å². The van der Waals surface area contributed by atoms with E-state index in [1.807, 2.05) is 6.07 Å². The Morgan fingerprint density at radius 3 is 1.69 bits per heavy atom. The summed E-state index contributed by atoms with van der Waals surface area (Å²) in [7, 11) is 0. The first-order valence-corrected chi connectivity index (χ1v) is 21.0. The molecule has 0 radical (unpaired) electrons. The third kappa shape index (κ3) is 5.36. The van der Waals surface area contributed by atoms with Crippen LogP contribution in [0.4, 0.5) is 17.1 Å². The maximum Gasteiger partial charge on any atom is 0.136 e. The van der Waals surface area contributed by atoms with Crippen LogP contribution < -0.4 is 4.90 Å². The summed E-state index contributed by atoms with van der Waals surface area (Å²) in [6, 6.07) is 86.1. The molecule has 2 heteroatoms. The Morgan fingerprint density at radius 1 is 0.344 bits per heavy atom. The minimum absolute atomic E-state index is 0.533. The molecule has 0 N–H and O–H groups in total. The van der Waals surface area contributed by atoms with Crippen molar-refractivity contribution in [3.63, 3.8) is 0 Å². The zero-order valence-corrected chi connectivity index (χ0v) is 33.4. The minimum Gasteiger partial charge on any atom is -0.456 e. The first-order valence-electron chi connectivity index (χ1n) is 21.0. The van der Waals surface area contributed by atoms with Crippen LogP contribution in [-0.2, 0) is 5.41 Å². The molecule has 1 aliphatic rings. The molecule has 0 saturated heterocycles. The third-order valence-corrected chi connectivity index (χ3v) is 12.8. The summed E-state index contributed by atoms with van der Waals surface area (Å²) in [5.41, 5.74) is 16.7. The Morgan fingerprint density at radius 2 is 0.885 bits per heavy atom.